The Morgan fingerprint density at radius 3 is 2.27 bits per heavy atom. The molecule has 0 amide bonds. The summed E-state index contributed by atoms with van der Waals surface area (Å²) < 4.78 is 0. The third-order valence-corrected chi connectivity index (χ3v) is 5.74. The van der Waals surface area contributed by atoms with Crippen molar-refractivity contribution in [3.8, 4) is 0 Å². The lowest BCUT2D eigenvalue weighted by atomic mass is 9.73. The van der Waals surface area contributed by atoms with E-state index < -0.39 is 0 Å². The number of hydrogen-bond acceptors (Lipinski definition) is 0. The van der Waals surface area contributed by atoms with Crippen LogP contribution in [0, 0.1) is 23.7 Å². The van der Waals surface area contributed by atoms with Gasteiger partial charge < -0.3 is 0 Å². The first-order chi connectivity index (χ1) is 7.06. The van der Waals surface area contributed by atoms with Crippen molar-refractivity contribution in [3.63, 3.8) is 0 Å². The van der Waals surface area contributed by atoms with E-state index in [4.69, 9.17) is 0 Å². The predicted octanol–water partition coefficient (Wildman–Crippen LogP) is 4.74. The van der Waals surface area contributed by atoms with Gasteiger partial charge in [-0.2, -0.15) is 0 Å². The highest BCUT2D eigenvalue weighted by Gasteiger charge is 2.27. The lowest BCUT2D eigenvalue weighted by molar-refractivity contribution is 0.188. The molecule has 0 bridgehead atoms. The predicted molar refractivity (Wildman–Crippen MR) is 73.2 cm³/mol. The standard InChI is InChI=1S/C14H29P/c1-5-10(2)13-8-9-14(15)12(4)7-6-11(13)3/h10-14H,5-9,15H2,1-4H3/t10?,11-,12?,13?,14?/m1/s1. The van der Waals surface area contributed by atoms with Gasteiger partial charge >= 0.3 is 0 Å². The van der Waals surface area contributed by atoms with Crippen molar-refractivity contribution in [2.45, 2.75) is 65.5 Å². The van der Waals surface area contributed by atoms with E-state index in [-0.39, 0.29) is 0 Å². The molecule has 1 heteroatoms. The molecule has 0 N–H and O–H groups in total. The Bertz CT molecular complexity index is 178. The van der Waals surface area contributed by atoms with Gasteiger partial charge in [-0.1, -0.05) is 40.5 Å². The normalized spacial score (nSPS) is 40.6. The maximum absolute atomic E-state index is 3.08. The lowest BCUT2D eigenvalue weighted by Gasteiger charge is -2.34. The van der Waals surface area contributed by atoms with Crippen LogP contribution in [0.3, 0.4) is 0 Å². The van der Waals surface area contributed by atoms with E-state index >= 15 is 0 Å². The first-order valence-electron chi connectivity index (χ1n) is 6.81. The highest BCUT2D eigenvalue weighted by molar-refractivity contribution is 7.17. The van der Waals surface area contributed by atoms with Gasteiger partial charge in [-0.3, -0.25) is 0 Å². The summed E-state index contributed by atoms with van der Waals surface area (Å²) >= 11 is 0. The molecule has 1 saturated carbocycles. The summed E-state index contributed by atoms with van der Waals surface area (Å²) in [6, 6.07) is 0. The largest absolute Gasteiger partial charge is 0.134 e. The summed E-state index contributed by atoms with van der Waals surface area (Å²) in [5.41, 5.74) is 0.865. The summed E-state index contributed by atoms with van der Waals surface area (Å²) in [6.07, 6.45) is 7.11. The fraction of sp³-hybridized carbons (Fsp3) is 1.00. The van der Waals surface area contributed by atoms with Gasteiger partial charge in [-0.05, 0) is 48.6 Å². The molecule has 0 aromatic rings. The molecule has 0 aliphatic heterocycles. The second-order valence-corrected chi connectivity index (χ2v) is 6.68. The molecule has 1 fully saturated rings. The van der Waals surface area contributed by atoms with E-state index in [1.54, 1.807) is 0 Å². The van der Waals surface area contributed by atoms with E-state index in [9.17, 15) is 0 Å². The molecule has 0 nitrogen and oxygen atoms in total. The molecule has 0 spiro atoms. The van der Waals surface area contributed by atoms with Crippen LogP contribution in [-0.2, 0) is 0 Å². The van der Waals surface area contributed by atoms with Crippen LogP contribution in [0.25, 0.3) is 0 Å². The average molecular weight is 228 g/mol. The molecule has 6 atom stereocenters. The molecule has 1 rings (SSSR count). The van der Waals surface area contributed by atoms with Gasteiger partial charge in [0.15, 0.2) is 0 Å². The minimum atomic E-state index is 0.865. The first kappa shape index (κ1) is 13.5. The maximum atomic E-state index is 3.08. The van der Waals surface area contributed by atoms with Gasteiger partial charge in [0, 0.05) is 0 Å². The van der Waals surface area contributed by atoms with Crippen LogP contribution in [0.5, 0.6) is 0 Å². The van der Waals surface area contributed by atoms with Gasteiger partial charge in [0.1, 0.15) is 0 Å². The zero-order chi connectivity index (χ0) is 11.4. The molecule has 5 unspecified atom stereocenters. The van der Waals surface area contributed by atoms with Crippen LogP contribution in [0.4, 0.5) is 0 Å². The average Bonchev–Trinajstić information content (AvgIpc) is 2.23. The second kappa shape index (κ2) is 6.24. The third-order valence-electron chi connectivity index (χ3n) is 4.75. The topological polar surface area (TPSA) is 0 Å². The van der Waals surface area contributed by atoms with Crippen LogP contribution in [0.1, 0.15) is 59.8 Å². The number of hydrogen-bond donors (Lipinski definition) is 0. The monoisotopic (exact) mass is 228 g/mol. The molecule has 15 heavy (non-hydrogen) atoms. The molecule has 90 valence electrons. The van der Waals surface area contributed by atoms with Crippen molar-refractivity contribution in [3.05, 3.63) is 0 Å². The van der Waals surface area contributed by atoms with Gasteiger partial charge in [0.25, 0.3) is 0 Å². The lowest BCUT2D eigenvalue weighted by Crippen LogP contribution is -2.26. The molecular weight excluding hydrogens is 199 g/mol. The Labute approximate surface area is 98.8 Å². The van der Waals surface area contributed by atoms with Gasteiger partial charge in [-0.25, -0.2) is 0 Å². The first-order valence-corrected chi connectivity index (χ1v) is 7.48. The minimum absolute atomic E-state index is 0.865. The fourth-order valence-electron chi connectivity index (χ4n) is 3.06. The SMILES string of the molecule is CCC(C)C1CCC(P)C(C)CC[C@H]1C. The minimum Gasteiger partial charge on any atom is -0.134 e. The molecule has 0 radical (unpaired) electrons. The summed E-state index contributed by atoms with van der Waals surface area (Å²) in [4.78, 5) is 0. The zero-order valence-corrected chi connectivity index (χ0v) is 12.2. The summed E-state index contributed by atoms with van der Waals surface area (Å²) in [5, 5.41) is 0. The van der Waals surface area contributed by atoms with Crippen molar-refractivity contribution >= 4 is 9.24 Å². The molecule has 1 aliphatic carbocycles. The zero-order valence-electron chi connectivity index (χ0n) is 11.0. The number of rotatable bonds is 2. The van der Waals surface area contributed by atoms with Crippen molar-refractivity contribution in [1.82, 2.24) is 0 Å². The molecule has 0 heterocycles. The molecule has 0 aromatic heterocycles. The quantitative estimate of drug-likeness (QED) is 0.599. The van der Waals surface area contributed by atoms with Crippen LogP contribution in [0.2, 0.25) is 0 Å². The highest BCUT2D eigenvalue weighted by atomic mass is 31.0. The summed E-state index contributed by atoms with van der Waals surface area (Å²) in [5.74, 6) is 3.76. The fourth-order valence-corrected chi connectivity index (χ4v) is 3.44. The Balaban J connectivity index is 2.57. The van der Waals surface area contributed by atoms with E-state index in [0.29, 0.717) is 0 Å². The highest BCUT2D eigenvalue weighted by Crippen LogP contribution is 2.37. The molecule has 1 aliphatic rings. The van der Waals surface area contributed by atoms with Crippen LogP contribution in [-0.4, -0.2) is 5.66 Å². The summed E-state index contributed by atoms with van der Waals surface area (Å²) in [7, 11) is 3.08. The van der Waals surface area contributed by atoms with Crippen molar-refractivity contribution < 1.29 is 0 Å². The van der Waals surface area contributed by atoms with Gasteiger partial charge in [0.05, 0.1) is 0 Å². The van der Waals surface area contributed by atoms with Crippen LogP contribution in [0.15, 0.2) is 0 Å². The van der Waals surface area contributed by atoms with Gasteiger partial charge in [0.2, 0.25) is 0 Å². The van der Waals surface area contributed by atoms with Crippen LogP contribution < -0.4 is 0 Å². The third kappa shape index (κ3) is 3.74. The Hall–Kier alpha value is 0.430. The molecule has 0 aromatic carbocycles. The van der Waals surface area contributed by atoms with Gasteiger partial charge in [-0.15, -0.1) is 9.24 Å². The Kier molecular flexibility index (Phi) is 5.61. The van der Waals surface area contributed by atoms with E-state index in [0.717, 1.165) is 29.3 Å². The maximum Gasteiger partial charge on any atom is -0.0238 e. The smallest absolute Gasteiger partial charge is 0.0238 e. The van der Waals surface area contributed by atoms with Crippen molar-refractivity contribution in [1.29, 1.82) is 0 Å². The second-order valence-electron chi connectivity index (χ2n) is 5.82. The van der Waals surface area contributed by atoms with Crippen LogP contribution >= 0.6 is 9.24 Å². The summed E-state index contributed by atoms with van der Waals surface area (Å²) in [6.45, 7) is 9.70. The van der Waals surface area contributed by atoms with E-state index in [2.05, 4.69) is 36.9 Å². The van der Waals surface area contributed by atoms with Crippen molar-refractivity contribution in [2.75, 3.05) is 0 Å². The van der Waals surface area contributed by atoms with Crippen molar-refractivity contribution in [2.24, 2.45) is 23.7 Å². The van der Waals surface area contributed by atoms with E-state index in [1.807, 2.05) is 0 Å². The molecular formula is C14H29P. The Morgan fingerprint density at radius 2 is 1.67 bits per heavy atom. The molecule has 0 saturated heterocycles. The Morgan fingerprint density at radius 1 is 1.07 bits per heavy atom. The van der Waals surface area contributed by atoms with E-state index in [1.165, 1.54) is 32.1 Å².